The molecule has 1 saturated carbocycles. The monoisotopic (exact) mass is 321 g/mol. The van der Waals surface area contributed by atoms with Gasteiger partial charge in [0.25, 0.3) is 5.56 Å². The van der Waals surface area contributed by atoms with Gasteiger partial charge >= 0.3 is 6.09 Å². The average molecular weight is 321 g/mol. The molecule has 0 aromatic carbocycles. The molecule has 0 radical (unpaired) electrons. The maximum atomic E-state index is 12.2. The standard InChI is InChI=1S/C14H19N5O4/c20-6-5-18(14(22)23)8-11-16-12-10(13(21)17-11)7-15-19(12)9-3-1-2-4-9/h7,9,20H,1-6,8H2,(H,22,23)(H,16,17,21). The Balaban J connectivity index is 1.96. The Morgan fingerprint density at radius 1 is 1.43 bits per heavy atom. The second-order valence-corrected chi connectivity index (χ2v) is 5.71. The first-order chi connectivity index (χ1) is 11.1. The first-order valence-corrected chi connectivity index (χ1v) is 7.65. The van der Waals surface area contributed by atoms with Crippen LogP contribution in [0, 0.1) is 0 Å². The van der Waals surface area contributed by atoms with Gasteiger partial charge in [-0.2, -0.15) is 5.10 Å². The van der Waals surface area contributed by atoms with E-state index in [4.69, 9.17) is 10.2 Å². The van der Waals surface area contributed by atoms with Crippen LogP contribution >= 0.6 is 0 Å². The summed E-state index contributed by atoms with van der Waals surface area (Å²) < 4.78 is 1.78. The Bertz CT molecular complexity index is 762. The van der Waals surface area contributed by atoms with Gasteiger partial charge in [0.2, 0.25) is 0 Å². The maximum Gasteiger partial charge on any atom is 0.407 e. The van der Waals surface area contributed by atoms with Gasteiger partial charge in [-0.1, -0.05) is 12.8 Å². The number of aromatic amines is 1. The van der Waals surface area contributed by atoms with E-state index in [1.165, 1.54) is 6.20 Å². The van der Waals surface area contributed by atoms with Gasteiger partial charge in [-0.15, -0.1) is 0 Å². The summed E-state index contributed by atoms with van der Waals surface area (Å²) in [6.07, 6.45) is 4.60. The fourth-order valence-corrected chi connectivity index (χ4v) is 3.02. The molecule has 3 rings (SSSR count). The molecular formula is C14H19N5O4. The highest BCUT2D eigenvalue weighted by molar-refractivity contribution is 5.73. The van der Waals surface area contributed by atoms with E-state index in [-0.39, 0.29) is 37.1 Å². The number of amides is 1. The van der Waals surface area contributed by atoms with Crippen LogP contribution in [-0.4, -0.2) is 54.1 Å². The van der Waals surface area contributed by atoms with Crippen LogP contribution in [0.4, 0.5) is 4.79 Å². The van der Waals surface area contributed by atoms with E-state index in [9.17, 15) is 9.59 Å². The van der Waals surface area contributed by atoms with E-state index < -0.39 is 6.09 Å². The van der Waals surface area contributed by atoms with E-state index in [1.54, 1.807) is 4.68 Å². The molecule has 0 atom stereocenters. The third kappa shape index (κ3) is 3.04. The van der Waals surface area contributed by atoms with Gasteiger partial charge in [-0.3, -0.25) is 9.69 Å². The summed E-state index contributed by atoms with van der Waals surface area (Å²) in [5, 5.41) is 22.7. The summed E-state index contributed by atoms with van der Waals surface area (Å²) in [5.74, 6) is 0.248. The Labute approximate surface area is 131 Å². The zero-order valence-corrected chi connectivity index (χ0v) is 12.6. The summed E-state index contributed by atoms with van der Waals surface area (Å²) in [6, 6.07) is 0.239. The van der Waals surface area contributed by atoms with E-state index in [1.807, 2.05) is 0 Å². The first kappa shape index (κ1) is 15.5. The quantitative estimate of drug-likeness (QED) is 0.745. The lowest BCUT2D eigenvalue weighted by molar-refractivity contribution is 0.127. The molecule has 3 N–H and O–H groups in total. The molecular weight excluding hydrogens is 302 g/mol. The minimum Gasteiger partial charge on any atom is -0.465 e. The summed E-state index contributed by atoms with van der Waals surface area (Å²) >= 11 is 0. The Morgan fingerprint density at radius 2 is 2.17 bits per heavy atom. The van der Waals surface area contributed by atoms with Crippen molar-refractivity contribution in [1.29, 1.82) is 0 Å². The molecule has 1 amide bonds. The molecule has 2 aromatic heterocycles. The second kappa shape index (κ2) is 6.37. The lowest BCUT2D eigenvalue weighted by atomic mass is 10.2. The Morgan fingerprint density at radius 3 is 2.83 bits per heavy atom. The lowest BCUT2D eigenvalue weighted by Crippen LogP contribution is -2.33. The molecule has 1 aliphatic carbocycles. The molecule has 0 bridgehead atoms. The van der Waals surface area contributed by atoms with Crippen molar-refractivity contribution in [3.8, 4) is 0 Å². The minimum absolute atomic E-state index is 0.0427. The van der Waals surface area contributed by atoms with Crippen LogP contribution in [-0.2, 0) is 6.54 Å². The number of nitrogens with one attached hydrogen (secondary N) is 1. The minimum atomic E-state index is -1.17. The average Bonchev–Trinajstić information content (AvgIpc) is 3.15. The highest BCUT2D eigenvalue weighted by Crippen LogP contribution is 2.30. The van der Waals surface area contributed by atoms with Crippen molar-refractivity contribution in [2.75, 3.05) is 13.2 Å². The molecule has 2 aromatic rings. The largest absolute Gasteiger partial charge is 0.465 e. The SMILES string of the molecule is O=C(O)N(CCO)Cc1nc2c(cnn2C2CCCC2)c(=O)[nH]1. The van der Waals surface area contributed by atoms with Gasteiger partial charge in [0.05, 0.1) is 25.4 Å². The zero-order chi connectivity index (χ0) is 16.4. The number of fused-ring (bicyclic) bond motifs is 1. The van der Waals surface area contributed by atoms with Gasteiger partial charge in [-0.25, -0.2) is 14.5 Å². The molecule has 0 saturated heterocycles. The third-order valence-electron chi connectivity index (χ3n) is 4.16. The number of carboxylic acid groups (broad SMARTS) is 1. The van der Waals surface area contributed by atoms with E-state index in [0.717, 1.165) is 30.6 Å². The number of aliphatic hydroxyl groups excluding tert-OH is 1. The molecule has 9 nitrogen and oxygen atoms in total. The van der Waals surface area contributed by atoms with Crippen molar-refractivity contribution in [2.45, 2.75) is 38.3 Å². The van der Waals surface area contributed by atoms with Gasteiger partial charge in [-0.05, 0) is 12.8 Å². The van der Waals surface area contributed by atoms with Gasteiger partial charge in [0.1, 0.15) is 11.2 Å². The summed E-state index contributed by atoms with van der Waals surface area (Å²) in [5.41, 5.74) is 0.161. The predicted molar refractivity (Wildman–Crippen MR) is 81.2 cm³/mol. The predicted octanol–water partition coefficient (Wildman–Crippen LogP) is 0.707. The highest BCUT2D eigenvalue weighted by Gasteiger charge is 2.22. The fourth-order valence-electron chi connectivity index (χ4n) is 3.02. The molecule has 0 spiro atoms. The smallest absolute Gasteiger partial charge is 0.407 e. The van der Waals surface area contributed by atoms with E-state index >= 15 is 0 Å². The summed E-state index contributed by atoms with van der Waals surface area (Å²) in [4.78, 5) is 31.3. The van der Waals surface area contributed by atoms with Crippen molar-refractivity contribution in [1.82, 2.24) is 24.6 Å². The van der Waals surface area contributed by atoms with Crippen molar-refractivity contribution in [2.24, 2.45) is 0 Å². The van der Waals surface area contributed by atoms with Crippen LogP contribution in [0.3, 0.4) is 0 Å². The van der Waals surface area contributed by atoms with Crippen molar-refractivity contribution >= 4 is 17.1 Å². The highest BCUT2D eigenvalue weighted by atomic mass is 16.4. The molecule has 0 unspecified atom stereocenters. The van der Waals surface area contributed by atoms with Crippen LogP contribution in [0.5, 0.6) is 0 Å². The zero-order valence-electron chi connectivity index (χ0n) is 12.6. The number of H-pyrrole nitrogens is 1. The number of nitrogens with zero attached hydrogens (tertiary/aromatic N) is 4. The summed E-state index contributed by atoms with van der Waals surface area (Å²) in [7, 11) is 0. The number of hydrogen-bond acceptors (Lipinski definition) is 5. The van der Waals surface area contributed by atoms with Crippen LogP contribution in [0.2, 0.25) is 0 Å². The fraction of sp³-hybridized carbons (Fsp3) is 0.571. The Hall–Kier alpha value is -2.42. The van der Waals surface area contributed by atoms with Crippen molar-refractivity contribution in [3.05, 3.63) is 22.4 Å². The molecule has 23 heavy (non-hydrogen) atoms. The van der Waals surface area contributed by atoms with Crippen molar-refractivity contribution in [3.63, 3.8) is 0 Å². The van der Waals surface area contributed by atoms with Crippen molar-refractivity contribution < 1.29 is 15.0 Å². The lowest BCUT2D eigenvalue weighted by Gasteiger charge is -2.17. The number of aliphatic hydroxyl groups is 1. The van der Waals surface area contributed by atoms with E-state index in [2.05, 4.69) is 15.1 Å². The van der Waals surface area contributed by atoms with Crippen LogP contribution in [0.25, 0.3) is 11.0 Å². The molecule has 0 aliphatic heterocycles. The topological polar surface area (TPSA) is 124 Å². The number of carbonyl (C=O) groups is 1. The normalized spacial score (nSPS) is 15.3. The third-order valence-corrected chi connectivity index (χ3v) is 4.16. The van der Waals surface area contributed by atoms with Gasteiger partial charge < -0.3 is 15.2 Å². The van der Waals surface area contributed by atoms with Crippen LogP contribution in [0.1, 0.15) is 37.5 Å². The maximum absolute atomic E-state index is 12.2. The van der Waals surface area contributed by atoms with E-state index in [0.29, 0.717) is 11.0 Å². The molecule has 2 heterocycles. The van der Waals surface area contributed by atoms with Gasteiger partial charge in [0.15, 0.2) is 5.65 Å². The Kier molecular flexibility index (Phi) is 4.28. The number of aromatic nitrogens is 4. The summed E-state index contributed by atoms with van der Waals surface area (Å²) in [6.45, 7) is -0.422. The molecule has 9 heteroatoms. The van der Waals surface area contributed by atoms with Crippen LogP contribution < -0.4 is 5.56 Å². The molecule has 1 fully saturated rings. The first-order valence-electron chi connectivity index (χ1n) is 7.65. The molecule has 124 valence electrons. The second-order valence-electron chi connectivity index (χ2n) is 5.71. The molecule has 1 aliphatic rings. The number of hydrogen-bond donors (Lipinski definition) is 3. The van der Waals surface area contributed by atoms with Crippen LogP contribution in [0.15, 0.2) is 11.0 Å². The van der Waals surface area contributed by atoms with Gasteiger partial charge in [0, 0.05) is 6.54 Å². The number of rotatable bonds is 5.